The lowest BCUT2D eigenvalue weighted by atomic mass is 9.80. The first-order chi connectivity index (χ1) is 37.9. The summed E-state index contributed by atoms with van der Waals surface area (Å²) < 4.78 is 47.3. The van der Waals surface area contributed by atoms with Gasteiger partial charge in [-0.05, 0) is 97.3 Å². The fourth-order valence-corrected chi connectivity index (χ4v) is 12.5. The van der Waals surface area contributed by atoms with Crippen LogP contribution in [-0.2, 0) is 33.7 Å². The van der Waals surface area contributed by atoms with Crippen LogP contribution in [-0.4, -0.2) is 135 Å². The molecule has 3 heterocycles. The Bertz CT molecular complexity index is 2870. The van der Waals surface area contributed by atoms with Crippen LogP contribution in [0.2, 0.25) is 0 Å². The van der Waals surface area contributed by atoms with Gasteiger partial charge in [0.25, 0.3) is 8.53 Å². The molecule has 4 aliphatic rings. The van der Waals surface area contributed by atoms with Crippen LogP contribution in [0.15, 0.2) is 142 Å². The molecule has 0 bridgehead atoms. The van der Waals surface area contributed by atoms with Crippen molar-refractivity contribution < 1.29 is 42.3 Å². The molecule has 3 unspecified atom stereocenters. The number of aliphatic imine (C=N–C) groups is 3. The van der Waals surface area contributed by atoms with Gasteiger partial charge in [0.1, 0.15) is 48.2 Å². The molecule has 408 valence electrons. The van der Waals surface area contributed by atoms with Gasteiger partial charge in [-0.3, -0.25) is 9.79 Å². The number of benzene rings is 5. The maximum absolute atomic E-state index is 13.5. The Morgan fingerprint density at radius 3 is 2.03 bits per heavy atom. The first-order valence-electron chi connectivity index (χ1n) is 26.6. The maximum atomic E-state index is 13.5. The van der Waals surface area contributed by atoms with E-state index in [1.165, 1.54) is 11.2 Å². The molecule has 1 fully saturated rings. The van der Waals surface area contributed by atoms with Crippen LogP contribution in [0.1, 0.15) is 87.1 Å². The molecule has 1 N–H and O–H groups in total. The third-order valence-electron chi connectivity index (χ3n) is 14.5. The molecular formula is C60H69N8O9P. The van der Waals surface area contributed by atoms with Gasteiger partial charge in [0, 0.05) is 44.4 Å². The van der Waals surface area contributed by atoms with Crippen LogP contribution >= 0.6 is 8.53 Å². The van der Waals surface area contributed by atoms with E-state index < -0.39 is 50.9 Å². The second kappa shape index (κ2) is 25.6. The second-order valence-electron chi connectivity index (χ2n) is 20.1. The highest BCUT2D eigenvalue weighted by atomic mass is 31.2. The number of nitriles is 1. The predicted molar refractivity (Wildman–Crippen MR) is 301 cm³/mol. The highest BCUT2D eigenvalue weighted by Crippen LogP contribution is 2.51. The number of methoxy groups -OCH3 is 2. The summed E-state index contributed by atoms with van der Waals surface area (Å²) in [6.07, 6.45) is 1.41. The Hall–Kier alpha value is -7.03. The Kier molecular flexibility index (Phi) is 18.3. The van der Waals surface area contributed by atoms with Gasteiger partial charge in [-0.1, -0.05) is 103 Å². The molecule has 2 amide bonds. The van der Waals surface area contributed by atoms with E-state index in [9.17, 15) is 14.9 Å². The van der Waals surface area contributed by atoms with Gasteiger partial charge in [-0.25, -0.2) is 19.4 Å². The third-order valence-corrected chi connectivity index (χ3v) is 16.7. The first kappa shape index (κ1) is 55.7. The van der Waals surface area contributed by atoms with Crippen molar-refractivity contribution in [3.63, 3.8) is 0 Å². The first-order valence-corrected chi connectivity index (χ1v) is 27.7. The van der Waals surface area contributed by atoms with Crippen molar-refractivity contribution in [3.8, 4) is 28.7 Å². The van der Waals surface area contributed by atoms with Gasteiger partial charge in [-0.15, -0.1) is 0 Å². The van der Waals surface area contributed by atoms with E-state index in [0.717, 1.165) is 38.9 Å². The number of nitrogens with zero attached hydrogens (tertiary/aromatic N) is 7. The van der Waals surface area contributed by atoms with Crippen molar-refractivity contribution in [2.75, 3.05) is 47.6 Å². The lowest BCUT2D eigenvalue weighted by Gasteiger charge is -2.39. The van der Waals surface area contributed by atoms with Crippen LogP contribution < -0.4 is 14.8 Å². The predicted octanol–water partition coefficient (Wildman–Crippen LogP) is 10.0. The standard InChI is InChI=1S/C60H69N8O9P/c1-40(2)68(41(3)4)78(75-34-16-32-61)77-52-35-55(76-53(52)37-74-60(42-17-9-8-10-18-42,43-24-28-45(71-6)29-25-43)44-26-30-46(72-7)31-27-44)67-39-64-56-57(62-38-63-58(56)67)65-54(69)23-15-33-66(5)59(70)73-36-51-49-21-13-11-19-47(49)48-20-12-14-22-50(48)51/h8-14,17-22,24-31,38-41,51-53,55-56,58H,15-16,23,33-37H2,1-7H3,(H,62,63,65,69)/t52-,53-,55-,56?,58?,78?/m1/s1. The minimum atomic E-state index is -1.69. The van der Waals surface area contributed by atoms with E-state index in [0.29, 0.717) is 36.7 Å². The van der Waals surface area contributed by atoms with Gasteiger partial charge in [0.15, 0.2) is 12.2 Å². The number of nitrogens with one attached hydrogen (secondary N) is 1. The number of carbonyl (C=O) groups excluding carboxylic acids is 2. The van der Waals surface area contributed by atoms with E-state index >= 15 is 0 Å². The highest BCUT2D eigenvalue weighted by Gasteiger charge is 2.49. The quantitative estimate of drug-likeness (QED) is 0.0372. The molecule has 5 aromatic carbocycles. The molecule has 9 rings (SSSR count). The summed E-state index contributed by atoms with van der Waals surface area (Å²) in [6.45, 7) is 9.20. The summed E-state index contributed by atoms with van der Waals surface area (Å²) in [4.78, 5) is 44.3. The molecule has 17 nitrogen and oxygen atoms in total. The number of amidine groups is 1. The Balaban J connectivity index is 0.894. The van der Waals surface area contributed by atoms with Crippen molar-refractivity contribution in [1.82, 2.24) is 19.8 Å². The van der Waals surface area contributed by atoms with Gasteiger partial charge >= 0.3 is 6.09 Å². The number of fused-ring (bicyclic) bond motifs is 4. The molecule has 5 aromatic rings. The van der Waals surface area contributed by atoms with Gasteiger partial charge < -0.3 is 47.8 Å². The smallest absolute Gasteiger partial charge is 0.409 e. The molecule has 1 saturated heterocycles. The summed E-state index contributed by atoms with van der Waals surface area (Å²) in [6, 6.07) is 44.0. The minimum absolute atomic E-state index is 0.0515. The monoisotopic (exact) mass is 1080 g/mol. The third kappa shape index (κ3) is 12.1. The van der Waals surface area contributed by atoms with Crippen LogP contribution in [0.3, 0.4) is 0 Å². The fourth-order valence-electron chi connectivity index (χ4n) is 10.7. The van der Waals surface area contributed by atoms with E-state index in [1.54, 1.807) is 27.6 Å². The minimum Gasteiger partial charge on any atom is -0.497 e. The molecule has 1 aliphatic carbocycles. The molecule has 0 aromatic heterocycles. The number of carbonyl (C=O) groups is 2. The fraction of sp³-hybridized carbons (Fsp3) is 0.400. The molecular weight excluding hydrogens is 1010 g/mol. The van der Waals surface area contributed by atoms with Crippen molar-refractivity contribution >= 4 is 39.0 Å². The normalized spacial score (nSPS) is 19.8. The summed E-state index contributed by atoms with van der Waals surface area (Å²) in [5.74, 6) is 1.45. The van der Waals surface area contributed by atoms with Gasteiger partial charge in [0.2, 0.25) is 5.91 Å². The summed E-state index contributed by atoms with van der Waals surface area (Å²) in [7, 11) is 3.27. The molecule has 3 aliphatic heterocycles. The summed E-state index contributed by atoms with van der Waals surface area (Å²) in [5, 5.41) is 12.5. The second-order valence-corrected chi connectivity index (χ2v) is 21.5. The SMILES string of the molecule is COc1ccc(C(OC[C@H]2O[C@@H](N3C=NC4C(NC(=O)CCCN(C)C(=O)OCC5c6ccccc6-c6ccccc65)=NC=NC43)C[C@H]2OP(OCCC#N)N(C(C)C)C(C)C)(c2ccccc2)c2ccc(OC)cc2)cc1. The lowest BCUT2D eigenvalue weighted by molar-refractivity contribution is -0.119. The zero-order valence-corrected chi connectivity index (χ0v) is 46.2. The number of ether oxygens (including phenoxy) is 5. The van der Waals surface area contributed by atoms with Crippen molar-refractivity contribution in [2.45, 2.75) is 108 Å². The number of hydrogen-bond donors (Lipinski definition) is 1. The largest absolute Gasteiger partial charge is 0.497 e. The summed E-state index contributed by atoms with van der Waals surface area (Å²) >= 11 is 0. The Labute approximate surface area is 458 Å². The highest BCUT2D eigenvalue weighted by molar-refractivity contribution is 7.44. The zero-order chi connectivity index (χ0) is 54.8. The molecule has 78 heavy (non-hydrogen) atoms. The Morgan fingerprint density at radius 1 is 0.821 bits per heavy atom. The van der Waals surface area contributed by atoms with Crippen LogP contribution in [0.25, 0.3) is 11.1 Å². The van der Waals surface area contributed by atoms with E-state index in [2.05, 4.69) is 85.1 Å². The van der Waals surface area contributed by atoms with Crippen LogP contribution in [0, 0.1) is 11.3 Å². The molecule has 0 radical (unpaired) electrons. The van der Waals surface area contributed by atoms with E-state index in [4.69, 9.17) is 42.7 Å². The number of amides is 2. The van der Waals surface area contributed by atoms with Crippen LogP contribution in [0.4, 0.5) is 4.79 Å². The zero-order valence-electron chi connectivity index (χ0n) is 45.3. The molecule has 6 atom stereocenters. The molecule has 0 spiro atoms. The lowest BCUT2D eigenvalue weighted by Crippen LogP contribution is -2.50. The van der Waals surface area contributed by atoms with E-state index in [-0.39, 0.29) is 56.6 Å². The van der Waals surface area contributed by atoms with Crippen LogP contribution in [0.5, 0.6) is 11.5 Å². The molecule has 18 heteroatoms. The van der Waals surface area contributed by atoms with Crippen molar-refractivity contribution in [1.29, 1.82) is 5.26 Å². The number of rotatable bonds is 23. The molecule has 0 saturated carbocycles. The number of hydrogen-bond acceptors (Lipinski definition) is 15. The van der Waals surface area contributed by atoms with E-state index in [1.807, 2.05) is 95.9 Å². The maximum Gasteiger partial charge on any atom is 0.409 e. The average molecular weight is 1080 g/mol. The van der Waals surface area contributed by atoms with Gasteiger partial charge in [-0.2, -0.15) is 5.26 Å². The van der Waals surface area contributed by atoms with Gasteiger partial charge in [0.05, 0.1) is 52.4 Å². The summed E-state index contributed by atoms with van der Waals surface area (Å²) in [5.41, 5.74) is 6.08. The average Bonchev–Trinajstić information content (AvgIpc) is 4.33. The van der Waals surface area contributed by atoms with Crippen molar-refractivity contribution in [2.24, 2.45) is 15.0 Å². The van der Waals surface area contributed by atoms with Crippen molar-refractivity contribution in [3.05, 3.63) is 155 Å². The topological polar surface area (TPSA) is 181 Å². The Morgan fingerprint density at radius 2 is 1.42 bits per heavy atom.